The SMILES string of the molecule is Cc1ccc(NC(=O)CN(C)Cc2c(C)nn([C@@H]3CCS(=O)(=O)C3)c2C)c(F)c1. The highest BCUT2D eigenvalue weighted by atomic mass is 32.2. The summed E-state index contributed by atoms with van der Waals surface area (Å²) < 4.78 is 39.3. The topological polar surface area (TPSA) is 84.3 Å². The van der Waals surface area contributed by atoms with E-state index in [1.807, 2.05) is 23.4 Å². The van der Waals surface area contributed by atoms with Crippen molar-refractivity contribution in [1.82, 2.24) is 14.7 Å². The molecular weight excluding hydrogens is 395 g/mol. The zero-order valence-electron chi connectivity index (χ0n) is 17.2. The van der Waals surface area contributed by atoms with Gasteiger partial charge < -0.3 is 5.32 Å². The van der Waals surface area contributed by atoms with Crippen LogP contribution in [0.1, 0.15) is 35.0 Å². The highest BCUT2D eigenvalue weighted by Crippen LogP contribution is 2.27. The van der Waals surface area contributed by atoms with Crippen molar-refractivity contribution in [1.29, 1.82) is 0 Å². The molecule has 1 aliphatic heterocycles. The van der Waals surface area contributed by atoms with Crippen LogP contribution in [0.3, 0.4) is 0 Å². The van der Waals surface area contributed by atoms with Gasteiger partial charge in [-0.3, -0.25) is 14.4 Å². The van der Waals surface area contributed by atoms with E-state index in [9.17, 15) is 17.6 Å². The summed E-state index contributed by atoms with van der Waals surface area (Å²) >= 11 is 0. The van der Waals surface area contributed by atoms with E-state index in [4.69, 9.17) is 0 Å². The van der Waals surface area contributed by atoms with Gasteiger partial charge in [0.15, 0.2) is 9.84 Å². The lowest BCUT2D eigenvalue weighted by Crippen LogP contribution is -2.30. The molecule has 0 saturated carbocycles. The molecule has 1 saturated heterocycles. The van der Waals surface area contributed by atoms with Gasteiger partial charge in [0, 0.05) is 17.8 Å². The van der Waals surface area contributed by atoms with Crippen LogP contribution < -0.4 is 5.32 Å². The number of hydrogen-bond acceptors (Lipinski definition) is 5. The quantitative estimate of drug-likeness (QED) is 0.773. The van der Waals surface area contributed by atoms with Crippen molar-refractivity contribution in [3.63, 3.8) is 0 Å². The number of nitrogens with one attached hydrogen (secondary N) is 1. The summed E-state index contributed by atoms with van der Waals surface area (Å²) in [6.07, 6.45) is 0.574. The number of nitrogens with zero attached hydrogens (tertiary/aromatic N) is 3. The molecule has 1 aromatic carbocycles. The average Bonchev–Trinajstić information content (AvgIpc) is 3.11. The fraction of sp³-hybridized carbons (Fsp3) is 0.500. The summed E-state index contributed by atoms with van der Waals surface area (Å²) in [5.41, 5.74) is 3.67. The van der Waals surface area contributed by atoms with Gasteiger partial charge in [0.05, 0.1) is 35.5 Å². The fourth-order valence-corrected chi connectivity index (χ4v) is 5.42. The van der Waals surface area contributed by atoms with Crippen molar-refractivity contribution in [3.8, 4) is 0 Å². The molecule has 0 bridgehead atoms. The Kier molecular flexibility index (Phi) is 6.09. The van der Waals surface area contributed by atoms with Gasteiger partial charge in [0.25, 0.3) is 0 Å². The molecule has 29 heavy (non-hydrogen) atoms. The fourth-order valence-electron chi connectivity index (χ4n) is 3.73. The van der Waals surface area contributed by atoms with Crippen molar-refractivity contribution in [3.05, 3.63) is 46.5 Å². The molecule has 3 rings (SSSR count). The van der Waals surface area contributed by atoms with Crippen LogP contribution >= 0.6 is 0 Å². The maximum Gasteiger partial charge on any atom is 0.238 e. The lowest BCUT2D eigenvalue weighted by atomic mass is 10.1. The maximum atomic E-state index is 13.9. The standard InChI is InChI=1S/C20H27FN4O3S/c1-13-5-6-19(18(21)9-13)22-20(26)11-24(4)10-17-14(2)23-25(15(17)3)16-7-8-29(27,28)12-16/h5-6,9,16H,7-8,10-12H2,1-4H3,(H,22,26)/t16-/m1/s1. The van der Waals surface area contributed by atoms with E-state index < -0.39 is 15.7 Å². The number of aryl methyl sites for hydroxylation is 2. The Balaban J connectivity index is 1.64. The molecule has 0 radical (unpaired) electrons. The first-order valence-electron chi connectivity index (χ1n) is 9.55. The summed E-state index contributed by atoms with van der Waals surface area (Å²) in [5, 5.41) is 7.15. The second-order valence-corrected chi connectivity index (χ2v) is 10.1. The number of sulfone groups is 1. The molecular formula is C20H27FN4O3S. The predicted octanol–water partition coefficient (Wildman–Crippen LogP) is 2.38. The summed E-state index contributed by atoms with van der Waals surface area (Å²) in [4.78, 5) is 14.1. The average molecular weight is 423 g/mol. The Morgan fingerprint density at radius 1 is 1.34 bits per heavy atom. The zero-order chi connectivity index (χ0) is 21.3. The Labute approximate surface area is 170 Å². The van der Waals surface area contributed by atoms with Crippen LogP contribution in [-0.2, 0) is 21.2 Å². The van der Waals surface area contributed by atoms with E-state index in [1.165, 1.54) is 6.07 Å². The van der Waals surface area contributed by atoms with Crippen molar-refractivity contribution >= 4 is 21.4 Å². The molecule has 1 aromatic heterocycles. The lowest BCUT2D eigenvalue weighted by Gasteiger charge is -2.17. The summed E-state index contributed by atoms with van der Waals surface area (Å²) in [7, 11) is -1.19. The first-order valence-corrected chi connectivity index (χ1v) is 11.4. The number of carbonyl (C=O) groups is 1. The van der Waals surface area contributed by atoms with Crippen molar-refractivity contribution < 1.29 is 17.6 Å². The maximum absolute atomic E-state index is 13.9. The van der Waals surface area contributed by atoms with Crippen LogP contribution in [0.5, 0.6) is 0 Å². The summed E-state index contributed by atoms with van der Waals surface area (Å²) in [6, 6.07) is 4.54. The Bertz CT molecular complexity index is 1030. The molecule has 2 aromatic rings. The Hall–Kier alpha value is -2.26. The largest absolute Gasteiger partial charge is 0.322 e. The normalized spacial score (nSPS) is 18.3. The van der Waals surface area contributed by atoms with E-state index in [0.29, 0.717) is 13.0 Å². The second-order valence-electron chi connectivity index (χ2n) is 7.85. The number of hydrogen-bond donors (Lipinski definition) is 1. The van der Waals surface area contributed by atoms with E-state index in [2.05, 4.69) is 10.4 Å². The molecule has 0 unspecified atom stereocenters. The molecule has 158 valence electrons. The summed E-state index contributed by atoms with van der Waals surface area (Å²) in [6.45, 7) is 6.18. The van der Waals surface area contributed by atoms with Gasteiger partial charge >= 0.3 is 0 Å². The predicted molar refractivity (Wildman–Crippen MR) is 110 cm³/mol. The number of amides is 1. The van der Waals surface area contributed by atoms with Gasteiger partial charge in [0.1, 0.15) is 5.82 Å². The minimum Gasteiger partial charge on any atom is -0.322 e. The molecule has 9 heteroatoms. The molecule has 1 atom stereocenters. The third kappa shape index (κ3) is 5.02. The van der Waals surface area contributed by atoms with Crippen molar-refractivity contribution in [2.24, 2.45) is 0 Å². The van der Waals surface area contributed by atoms with Gasteiger partial charge in [-0.1, -0.05) is 6.07 Å². The van der Waals surface area contributed by atoms with Crippen LogP contribution in [0.2, 0.25) is 0 Å². The van der Waals surface area contributed by atoms with E-state index in [-0.39, 0.29) is 35.7 Å². The van der Waals surface area contributed by atoms with E-state index in [0.717, 1.165) is 22.5 Å². The number of rotatable bonds is 6. The molecule has 7 nitrogen and oxygen atoms in total. The first-order chi connectivity index (χ1) is 13.6. The van der Waals surface area contributed by atoms with Crippen LogP contribution in [0, 0.1) is 26.6 Å². The highest BCUT2D eigenvalue weighted by molar-refractivity contribution is 7.91. The molecule has 1 amide bonds. The van der Waals surface area contributed by atoms with Gasteiger partial charge in [-0.15, -0.1) is 0 Å². The van der Waals surface area contributed by atoms with Gasteiger partial charge in [-0.05, 0) is 51.9 Å². The molecule has 2 heterocycles. The lowest BCUT2D eigenvalue weighted by molar-refractivity contribution is -0.117. The minimum atomic E-state index is -2.99. The van der Waals surface area contributed by atoms with Crippen LogP contribution in [-0.4, -0.2) is 54.1 Å². The molecule has 1 aliphatic rings. The van der Waals surface area contributed by atoms with Crippen LogP contribution in [0.25, 0.3) is 0 Å². The minimum absolute atomic E-state index is 0.0924. The van der Waals surface area contributed by atoms with Crippen LogP contribution in [0.4, 0.5) is 10.1 Å². The number of anilines is 1. The molecule has 0 spiro atoms. The van der Waals surface area contributed by atoms with Gasteiger partial charge in [0.2, 0.25) is 5.91 Å². The monoisotopic (exact) mass is 422 g/mol. The van der Waals surface area contributed by atoms with Gasteiger partial charge in [-0.25, -0.2) is 12.8 Å². The Morgan fingerprint density at radius 2 is 2.07 bits per heavy atom. The number of aromatic nitrogens is 2. The molecule has 1 fully saturated rings. The number of benzene rings is 1. The number of halogens is 1. The molecule has 1 N–H and O–H groups in total. The van der Waals surface area contributed by atoms with Crippen molar-refractivity contribution in [2.75, 3.05) is 30.4 Å². The van der Waals surface area contributed by atoms with E-state index in [1.54, 1.807) is 26.1 Å². The third-order valence-electron chi connectivity index (χ3n) is 5.27. The van der Waals surface area contributed by atoms with E-state index >= 15 is 0 Å². The smallest absolute Gasteiger partial charge is 0.238 e. The highest BCUT2D eigenvalue weighted by Gasteiger charge is 2.31. The number of likely N-dealkylation sites (N-methyl/N-ethyl adjacent to an activating group) is 1. The summed E-state index contributed by atoms with van der Waals surface area (Å²) in [5.74, 6) is -0.448. The van der Waals surface area contributed by atoms with Gasteiger partial charge in [-0.2, -0.15) is 5.10 Å². The molecule has 0 aliphatic carbocycles. The third-order valence-corrected chi connectivity index (χ3v) is 7.02. The first kappa shape index (κ1) is 21.4. The Morgan fingerprint density at radius 3 is 2.69 bits per heavy atom. The number of carbonyl (C=O) groups excluding carboxylic acids is 1. The van der Waals surface area contributed by atoms with Crippen LogP contribution in [0.15, 0.2) is 18.2 Å². The zero-order valence-corrected chi connectivity index (χ0v) is 18.0. The van der Waals surface area contributed by atoms with Crippen molar-refractivity contribution in [2.45, 2.75) is 39.8 Å². The second kappa shape index (κ2) is 8.23.